The lowest BCUT2D eigenvalue weighted by molar-refractivity contribution is -0.154. The number of carbonyl (C=O) groups is 3. The molecule has 1 unspecified atom stereocenters. The molecule has 108 valence electrons. The second-order valence-electron chi connectivity index (χ2n) is 5.26. The van der Waals surface area contributed by atoms with Crippen LogP contribution in [-0.2, 0) is 19.1 Å². The monoisotopic (exact) mass is 272 g/mol. The number of amides is 2. The minimum atomic E-state index is -1.68. The van der Waals surface area contributed by atoms with Gasteiger partial charge in [-0.1, -0.05) is 0 Å². The summed E-state index contributed by atoms with van der Waals surface area (Å²) in [4.78, 5) is 35.5. The molecule has 2 amide bonds. The number of ether oxygens (including phenoxy) is 2. The highest BCUT2D eigenvalue weighted by molar-refractivity contribution is 6.10. The number of nitrogens with one attached hydrogen (secondary N) is 2. The maximum Gasteiger partial charge on any atom is 0.408 e. The average Bonchev–Trinajstić information content (AvgIpc) is 2.58. The van der Waals surface area contributed by atoms with Gasteiger partial charge in [0.2, 0.25) is 5.54 Å². The molecule has 19 heavy (non-hydrogen) atoms. The predicted molar refractivity (Wildman–Crippen MR) is 66.4 cm³/mol. The summed E-state index contributed by atoms with van der Waals surface area (Å²) >= 11 is 0. The fourth-order valence-electron chi connectivity index (χ4n) is 1.73. The van der Waals surface area contributed by atoms with Crippen LogP contribution in [0.25, 0.3) is 0 Å². The lowest BCUT2D eigenvalue weighted by Gasteiger charge is -2.27. The number of hydrogen-bond donors (Lipinski definition) is 2. The number of rotatable bonds is 3. The third-order valence-corrected chi connectivity index (χ3v) is 2.51. The molecule has 7 heteroatoms. The zero-order valence-electron chi connectivity index (χ0n) is 11.7. The van der Waals surface area contributed by atoms with Crippen LogP contribution in [0.15, 0.2) is 0 Å². The molecule has 1 heterocycles. The Bertz CT molecular complexity index is 388. The van der Waals surface area contributed by atoms with Gasteiger partial charge in [-0.3, -0.25) is 10.1 Å². The van der Waals surface area contributed by atoms with Crippen LogP contribution in [0.5, 0.6) is 0 Å². The van der Waals surface area contributed by atoms with Crippen LogP contribution in [0.2, 0.25) is 0 Å². The Morgan fingerprint density at radius 3 is 2.47 bits per heavy atom. The summed E-state index contributed by atoms with van der Waals surface area (Å²) in [5.74, 6) is -1.34. The zero-order chi connectivity index (χ0) is 14.7. The van der Waals surface area contributed by atoms with Crippen molar-refractivity contribution in [3.63, 3.8) is 0 Å². The van der Waals surface area contributed by atoms with E-state index < -0.39 is 29.1 Å². The van der Waals surface area contributed by atoms with Crippen molar-refractivity contribution in [1.29, 1.82) is 0 Å². The van der Waals surface area contributed by atoms with Crippen molar-refractivity contribution in [1.82, 2.24) is 10.6 Å². The standard InChI is InChI=1S/C12H20N2O5/c1-5-18-9(16)12(6-7-13-8(12)15)14-10(17)19-11(2,3)4/h5-7H2,1-4H3,(H,13,15)(H,14,17). The van der Waals surface area contributed by atoms with Crippen LogP contribution < -0.4 is 10.6 Å². The van der Waals surface area contributed by atoms with E-state index >= 15 is 0 Å². The van der Waals surface area contributed by atoms with Gasteiger partial charge >= 0.3 is 12.1 Å². The fraction of sp³-hybridized carbons (Fsp3) is 0.750. The largest absolute Gasteiger partial charge is 0.464 e. The lowest BCUT2D eigenvalue weighted by Crippen LogP contribution is -2.60. The molecule has 0 aromatic carbocycles. The molecule has 1 aliphatic rings. The minimum Gasteiger partial charge on any atom is -0.464 e. The summed E-state index contributed by atoms with van der Waals surface area (Å²) in [5, 5.41) is 4.84. The van der Waals surface area contributed by atoms with E-state index in [1.807, 2.05) is 0 Å². The van der Waals surface area contributed by atoms with Crippen molar-refractivity contribution in [2.75, 3.05) is 13.2 Å². The quantitative estimate of drug-likeness (QED) is 0.570. The highest BCUT2D eigenvalue weighted by atomic mass is 16.6. The summed E-state index contributed by atoms with van der Waals surface area (Å²) in [6, 6.07) is 0. The molecule has 1 atom stereocenters. The summed E-state index contributed by atoms with van der Waals surface area (Å²) < 4.78 is 9.92. The molecular weight excluding hydrogens is 252 g/mol. The molecule has 0 saturated carbocycles. The van der Waals surface area contributed by atoms with E-state index in [2.05, 4.69) is 10.6 Å². The first kappa shape index (κ1) is 15.3. The molecule has 2 N–H and O–H groups in total. The Morgan fingerprint density at radius 1 is 1.42 bits per heavy atom. The topological polar surface area (TPSA) is 93.7 Å². The SMILES string of the molecule is CCOC(=O)C1(NC(=O)OC(C)(C)C)CCNC1=O. The number of carbonyl (C=O) groups excluding carboxylic acids is 3. The summed E-state index contributed by atoms with van der Waals surface area (Å²) in [6.45, 7) is 7.14. The first-order chi connectivity index (χ1) is 8.71. The van der Waals surface area contributed by atoms with Gasteiger partial charge in [-0.25, -0.2) is 9.59 Å². The maximum absolute atomic E-state index is 11.9. The van der Waals surface area contributed by atoms with Crippen LogP contribution in [-0.4, -0.2) is 42.3 Å². The van der Waals surface area contributed by atoms with Gasteiger partial charge < -0.3 is 14.8 Å². The predicted octanol–water partition coefficient (Wildman–Crippen LogP) is 0.333. The Kier molecular flexibility index (Phi) is 4.39. The van der Waals surface area contributed by atoms with Crippen molar-refractivity contribution in [2.45, 2.75) is 45.3 Å². The lowest BCUT2D eigenvalue weighted by atomic mass is 9.98. The van der Waals surface area contributed by atoms with Crippen LogP contribution in [0.4, 0.5) is 4.79 Å². The van der Waals surface area contributed by atoms with E-state index in [0.29, 0.717) is 6.54 Å². The van der Waals surface area contributed by atoms with Crippen LogP contribution in [0, 0.1) is 0 Å². The molecule has 0 spiro atoms. The van der Waals surface area contributed by atoms with Gasteiger partial charge in [0.25, 0.3) is 5.91 Å². The number of alkyl carbamates (subject to hydrolysis) is 1. The van der Waals surface area contributed by atoms with Gasteiger partial charge in [0.05, 0.1) is 6.61 Å². The molecule has 7 nitrogen and oxygen atoms in total. The highest BCUT2D eigenvalue weighted by Gasteiger charge is 2.52. The van der Waals surface area contributed by atoms with Crippen molar-refractivity contribution in [3.05, 3.63) is 0 Å². The molecule has 1 saturated heterocycles. The molecule has 0 aromatic rings. The molecular formula is C12H20N2O5. The Morgan fingerprint density at radius 2 is 2.05 bits per heavy atom. The number of hydrogen-bond acceptors (Lipinski definition) is 5. The molecule has 1 aliphatic heterocycles. The maximum atomic E-state index is 11.9. The fourth-order valence-corrected chi connectivity index (χ4v) is 1.73. The molecule has 1 fully saturated rings. The first-order valence-corrected chi connectivity index (χ1v) is 6.18. The molecule has 0 bridgehead atoms. The first-order valence-electron chi connectivity index (χ1n) is 6.18. The molecule has 0 aliphatic carbocycles. The van der Waals surface area contributed by atoms with Crippen LogP contribution in [0.3, 0.4) is 0 Å². The van der Waals surface area contributed by atoms with Gasteiger partial charge in [0.15, 0.2) is 0 Å². The van der Waals surface area contributed by atoms with Crippen molar-refractivity contribution in [2.24, 2.45) is 0 Å². The molecule has 0 aromatic heterocycles. The van der Waals surface area contributed by atoms with Crippen molar-refractivity contribution >= 4 is 18.0 Å². The van der Waals surface area contributed by atoms with Gasteiger partial charge in [-0.2, -0.15) is 0 Å². The Hall–Kier alpha value is -1.79. The second-order valence-corrected chi connectivity index (χ2v) is 5.26. The van der Waals surface area contributed by atoms with E-state index in [1.165, 1.54) is 0 Å². The van der Waals surface area contributed by atoms with Crippen molar-refractivity contribution < 1.29 is 23.9 Å². The minimum absolute atomic E-state index is 0.129. The summed E-state index contributed by atoms with van der Waals surface area (Å²) in [7, 11) is 0. The summed E-state index contributed by atoms with van der Waals surface area (Å²) in [5.41, 5.74) is -2.40. The summed E-state index contributed by atoms with van der Waals surface area (Å²) in [6.07, 6.45) is -0.679. The normalized spacial score (nSPS) is 22.6. The van der Waals surface area contributed by atoms with E-state index in [9.17, 15) is 14.4 Å². The van der Waals surface area contributed by atoms with Crippen molar-refractivity contribution in [3.8, 4) is 0 Å². The number of esters is 1. The van der Waals surface area contributed by atoms with E-state index in [0.717, 1.165) is 0 Å². The van der Waals surface area contributed by atoms with Gasteiger partial charge in [0, 0.05) is 13.0 Å². The second kappa shape index (κ2) is 5.46. The van der Waals surface area contributed by atoms with Crippen LogP contribution in [0.1, 0.15) is 34.1 Å². The Labute approximate surface area is 112 Å². The Balaban J connectivity index is 2.85. The van der Waals surface area contributed by atoms with E-state index in [-0.39, 0.29) is 13.0 Å². The molecule has 0 radical (unpaired) electrons. The van der Waals surface area contributed by atoms with Crippen LogP contribution >= 0.6 is 0 Å². The van der Waals surface area contributed by atoms with E-state index in [4.69, 9.17) is 9.47 Å². The highest BCUT2D eigenvalue weighted by Crippen LogP contribution is 2.19. The zero-order valence-corrected chi connectivity index (χ0v) is 11.7. The molecule has 1 rings (SSSR count). The van der Waals surface area contributed by atoms with Gasteiger partial charge in [-0.05, 0) is 27.7 Å². The smallest absolute Gasteiger partial charge is 0.408 e. The average molecular weight is 272 g/mol. The third kappa shape index (κ3) is 3.59. The third-order valence-electron chi connectivity index (χ3n) is 2.51. The van der Waals surface area contributed by atoms with Gasteiger partial charge in [-0.15, -0.1) is 0 Å². The van der Waals surface area contributed by atoms with E-state index in [1.54, 1.807) is 27.7 Å². The van der Waals surface area contributed by atoms with Gasteiger partial charge in [0.1, 0.15) is 5.60 Å².